The van der Waals surface area contributed by atoms with Crippen LogP contribution in [0, 0.1) is 0 Å². The first-order valence-corrected chi connectivity index (χ1v) is 11.0. The smallest absolute Gasteiger partial charge is 0.374 e. The van der Waals surface area contributed by atoms with Crippen LogP contribution in [0.25, 0.3) is 0 Å². The Balaban J connectivity index is 4.81. The summed E-state index contributed by atoms with van der Waals surface area (Å²) in [6, 6.07) is 0.430. The predicted molar refractivity (Wildman–Crippen MR) is 81.2 cm³/mol. The van der Waals surface area contributed by atoms with Gasteiger partial charge in [-0.05, 0) is 34.6 Å². The quantitative estimate of drug-likeness (QED) is 0.382. The molecule has 0 heterocycles. The Bertz CT molecular complexity index is 262. The van der Waals surface area contributed by atoms with E-state index in [0.29, 0.717) is 39.1 Å². The van der Waals surface area contributed by atoms with Gasteiger partial charge in [0.2, 0.25) is 0 Å². The van der Waals surface area contributed by atoms with E-state index in [1.807, 2.05) is 20.8 Å². The van der Waals surface area contributed by atoms with Crippen LogP contribution in [-0.4, -0.2) is 48.0 Å². The van der Waals surface area contributed by atoms with Crippen LogP contribution in [0.5, 0.6) is 0 Å². The highest BCUT2D eigenvalue weighted by Gasteiger charge is 2.43. The summed E-state index contributed by atoms with van der Waals surface area (Å²) in [5.41, 5.74) is 0. The van der Waals surface area contributed by atoms with E-state index in [1.54, 1.807) is 13.8 Å². The lowest BCUT2D eigenvalue weighted by molar-refractivity contribution is 0.0720. The molecule has 0 fully saturated rings. The van der Waals surface area contributed by atoms with Crippen molar-refractivity contribution in [1.29, 1.82) is 0 Å². The average Bonchev–Trinajstić information content (AvgIpc) is 2.38. The Morgan fingerprint density at radius 1 is 0.750 bits per heavy atom. The molecule has 0 saturated carbocycles. The fraction of sp³-hybridized carbons (Fsp3) is 1.00. The molecule has 0 rings (SSSR count). The van der Waals surface area contributed by atoms with Gasteiger partial charge >= 0.3 is 16.4 Å². The van der Waals surface area contributed by atoms with Gasteiger partial charge in [0, 0.05) is 25.9 Å². The fourth-order valence-corrected chi connectivity index (χ4v) is 7.15. The Kier molecular flexibility index (Phi) is 11.0. The summed E-state index contributed by atoms with van der Waals surface area (Å²) < 4.78 is 40.2. The fourth-order valence-electron chi connectivity index (χ4n) is 1.83. The van der Waals surface area contributed by atoms with Crippen molar-refractivity contribution >= 4 is 16.4 Å². The lowest BCUT2D eigenvalue weighted by Crippen LogP contribution is -2.46. The molecule has 0 aliphatic rings. The maximum absolute atomic E-state index is 12.5. The summed E-state index contributed by atoms with van der Waals surface area (Å²) in [6.45, 7) is 11.5. The lowest BCUT2D eigenvalue weighted by Gasteiger charge is -2.29. The minimum Gasteiger partial charge on any atom is -0.374 e. The topological polar surface area (TPSA) is 63.2 Å². The second-order valence-corrected chi connectivity index (χ2v) is 8.82. The van der Waals surface area contributed by atoms with E-state index in [9.17, 15) is 4.57 Å². The Hall–Kier alpha value is 0.247. The molecule has 0 spiro atoms. The number of rotatable bonds is 13. The van der Waals surface area contributed by atoms with Crippen molar-refractivity contribution in [2.24, 2.45) is 0 Å². The van der Waals surface area contributed by atoms with Gasteiger partial charge in [-0.25, -0.2) is 0 Å². The van der Waals surface area contributed by atoms with Crippen LogP contribution in [0.3, 0.4) is 0 Å². The van der Waals surface area contributed by atoms with E-state index in [0.717, 1.165) is 0 Å². The van der Waals surface area contributed by atoms with Gasteiger partial charge in [0.15, 0.2) is 0 Å². The second-order valence-electron chi connectivity index (χ2n) is 3.90. The van der Waals surface area contributed by atoms with Crippen molar-refractivity contribution in [2.75, 3.05) is 39.2 Å². The third kappa shape index (κ3) is 7.31. The van der Waals surface area contributed by atoms with Crippen molar-refractivity contribution in [2.45, 2.75) is 40.7 Å². The highest BCUT2D eigenvalue weighted by molar-refractivity contribution is 7.54. The van der Waals surface area contributed by atoms with Crippen molar-refractivity contribution in [3.8, 4) is 0 Å². The molecule has 122 valence electrons. The first-order valence-electron chi connectivity index (χ1n) is 7.31. The zero-order chi connectivity index (χ0) is 15.5. The molecule has 0 aliphatic heterocycles. The summed E-state index contributed by atoms with van der Waals surface area (Å²) in [7, 11) is -5.89. The van der Waals surface area contributed by atoms with E-state index in [-0.39, 0.29) is 6.16 Å². The van der Waals surface area contributed by atoms with Gasteiger partial charge in [-0.3, -0.25) is 4.57 Å². The average molecular weight is 328 g/mol. The standard InChI is InChI=1S/C12H29O6PSi/c1-6-14-19(13,15-7-2)11-12-20(16-8-3,17-9-4)18-10-5/h6-12H2,1-5H3. The lowest BCUT2D eigenvalue weighted by atomic mass is 10.9. The maximum atomic E-state index is 12.5. The molecular formula is C12H29O6PSi. The highest BCUT2D eigenvalue weighted by atomic mass is 31.2. The molecule has 20 heavy (non-hydrogen) atoms. The Morgan fingerprint density at radius 3 is 1.45 bits per heavy atom. The van der Waals surface area contributed by atoms with Gasteiger partial charge in [-0.2, -0.15) is 0 Å². The molecule has 0 unspecified atom stereocenters. The predicted octanol–water partition coefficient (Wildman–Crippen LogP) is 3.30. The maximum Gasteiger partial charge on any atom is 0.501 e. The summed E-state index contributed by atoms with van der Waals surface area (Å²) in [5.74, 6) is 0. The van der Waals surface area contributed by atoms with Crippen molar-refractivity contribution in [1.82, 2.24) is 0 Å². The Morgan fingerprint density at radius 2 is 1.15 bits per heavy atom. The largest absolute Gasteiger partial charge is 0.501 e. The van der Waals surface area contributed by atoms with Crippen LogP contribution in [0.4, 0.5) is 0 Å². The van der Waals surface area contributed by atoms with Crippen LogP contribution in [0.15, 0.2) is 0 Å². The van der Waals surface area contributed by atoms with Crippen LogP contribution in [-0.2, 0) is 26.9 Å². The Labute approximate surface area is 124 Å². The SMILES string of the molecule is CCO[Si](CCP(=O)(OCC)OCC)(OCC)OCC. The van der Waals surface area contributed by atoms with Gasteiger partial charge in [0.05, 0.1) is 19.4 Å². The van der Waals surface area contributed by atoms with E-state index < -0.39 is 16.4 Å². The molecule has 0 saturated heterocycles. The first-order chi connectivity index (χ1) is 9.51. The minimum absolute atomic E-state index is 0.251. The summed E-state index contributed by atoms with van der Waals surface area (Å²) >= 11 is 0. The van der Waals surface area contributed by atoms with Crippen molar-refractivity contribution in [3.63, 3.8) is 0 Å². The molecule has 0 N–H and O–H groups in total. The molecule has 0 aliphatic carbocycles. The molecule has 0 radical (unpaired) electrons. The molecule has 0 amide bonds. The molecule has 0 aromatic rings. The molecule has 0 atom stereocenters. The molecule has 0 bridgehead atoms. The van der Waals surface area contributed by atoms with Crippen molar-refractivity contribution in [3.05, 3.63) is 0 Å². The van der Waals surface area contributed by atoms with E-state index >= 15 is 0 Å². The number of hydrogen-bond donors (Lipinski definition) is 0. The van der Waals surface area contributed by atoms with Crippen LogP contribution in [0.1, 0.15) is 34.6 Å². The van der Waals surface area contributed by atoms with Gasteiger partial charge < -0.3 is 22.3 Å². The normalized spacial score (nSPS) is 12.8. The minimum atomic E-state index is -3.09. The monoisotopic (exact) mass is 328 g/mol. The van der Waals surface area contributed by atoms with Gasteiger partial charge in [-0.15, -0.1) is 0 Å². The highest BCUT2D eigenvalue weighted by Crippen LogP contribution is 2.49. The van der Waals surface area contributed by atoms with E-state index in [1.165, 1.54) is 0 Å². The zero-order valence-corrected chi connectivity index (χ0v) is 15.2. The molecule has 0 aromatic heterocycles. The summed E-state index contributed by atoms with van der Waals surface area (Å²) in [6.07, 6.45) is 0.251. The second kappa shape index (κ2) is 10.9. The van der Waals surface area contributed by atoms with Crippen LogP contribution < -0.4 is 0 Å². The molecule has 0 aromatic carbocycles. The molecule has 6 nitrogen and oxygen atoms in total. The first kappa shape index (κ1) is 20.2. The van der Waals surface area contributed by atoms with Crippen molar-refractivity contribution < 1.29 is 26.9 Å². The summed E-state index contributed by atoms with van der Waals surface area (Å²) in [5, 5.41) is 0. The van der Waals surface area contributed by atoms with E-state index in [4.69, 9.17) is 22.3 Å². The molecule has 8 heteroatoms. The van der Waals surface area contributed by atoms with E-state index in [2.05, 4.69) is 0 Å². The van der Waals surface area contributed by atoms with Crippen LogP contribution in [0.2, 0.25) is 6.04 Å². The third-order valence-corrected chi connectivity index (χ3v) is 7.98. The third-order valence-electron chi connectivity index (χ3n) is 2.44. The zero-order valence-electron chi connectivity index (χ0n) is 13.3. The van der Waals surface area contributed by atoms with Crippen LogP contribution >= 0.6 is 7.60 Å². The summed E-state index contributed by atoms with van der Waals surface area (Å²) in [4.78, 5) is 0. The number of hydrogen-bond acceptors (Lipinski definition) is 6. The molecular weight excluding hydrogens is 299 g/mol. The van der Waals surface area contributed by atoms with Gasteiger partial charge in [-0.1, -0.05) is 0 Å². The van der Waals surface area contributed by atoms with Gasteiger partial charge in [0.1, 0.15) is 0 Å². The van der Waals surface area contributed by atoms with Gasteiger partial charge in [0.25, 0.3) is 0 Å².